The summed E-state index contributed by atoms with van der Waals surface area (Å²) in [4.78, 5) is 16.8. The number of ether oxygens (including phenoxy) is 1. The third-order valence-corrected chi connectivity index (χ3v) is 3.78. The van der Waals surface area contributed by atoms with Crippen LogP contribution in [0.25, 0.3) is 11.0 Å². The molecule has 0 saturated carbocycles. The second-order valence-electron chi connectivity index (χ2n) is 5.24. The first kappa shape index (κ1) is 12.4. The molecule has 1 saturated heterocycles. The molecule has 0 bridgehead atoms. The number of imidazole rings is 1. The van der Waals surface area contributed by atoms with Gasteiger partial charge in [-0.1, -0.05) is 6.07 Å². The molecule has 0 radical (unpaired) electrons. The molecule has 19 heavy (non-hydrogen) atoms. The Kier molecular flexibility index (Phi) is 3.40. The van der Waals surface area contributed by atoms with Gasteiger partial charge in [0.2, 0.25) is 0 Å². The van der Waals surface area contributed by atoms with Gasteiger partial charge in [0.1, 0.15) is 0 Å². The highest BCUT2D eigenvalue weighted by atomic mass is 16.5. The van der Waals surface area contributed by atoms with E-state index < -0.39 is 0 Å². The van der Waals surface area contributed by atoms with Crippen molar-refractivity contribution in [2.45, 2.75) is 19.4 Å². The molecule has 2 unspecified atom stereocenters. The number of hydrogen-bond donors (Lipinski definition) is 3. The van der Waals surface area contributed by atoms with E-state index >= 15 is 0 Å². The number of hydrogen-bond acceptors (Lipinski definition) is 3. The number of fused-ring (bicyclic) bond motifs is 1. The molecule has 2 atom stereocenters. The fourth-order valence-corrected chi connectivity index (χ4v) is 2.53. The van der Waals surface area contributed by atoms with Gasteiger partial charge in [0.05, 0.1) is 17.6 Å². The molecular weight excluding hydrogens is 242 g/mol. The van der Waals surface area contributed by atoms with Crippen LogP contribution in [0.15, 0.2) is 23.0 Å². The van der Waals surface area contributed by atoms with Gasteiger partial charge in [0, 0.05) is 19.2 Å². The highest BCUT2D eigenvalue weighted by Gasteiger charge is 2.16. The molecule has 2 aromatic rings. The normalized spacial score (nSPS) is 21.0. The third kappa shape index (κ3) is 2.72. The molecule has 0 spiro atoms. The van der Waals surface area contributed by atoms with E-state index in [4.69, 9.17) is 4.74 Å². The van der Waals surface area contributed by atoms with Crippen LogP contribution in [0.1, 0.15) is 24.9 Å². The van der Waals surface area contributed by atoms with Crippen molar-refractivity contribution in [1.29, 1.82) is 0 Å². The van der Waals surface area contributed by atoms with Gasteiger partial charge < -0.3 is 20.0 Å². The monoisotopic (exact) mass is 261 g/mol. The van der Waals surface area contributed by atoms with Gasteiger partial charge >= 0.3 is 5.69 Å². The minimum absolute atomic E-state index is 0.157. The van der Waals surface area contributed by atoms with Crippen molar-refractivity contribution in [3.63, 3.8) is 0 Å². The van der Waals surface area contributed by atoms with Crippen LogP contribution in [0, 0.1) is 5.92 Å². The van der Waals surface area contributed by atoms with Gasteiger partial charge in [0.15, 0.2) is 0 Å². The average molecular weight is 261 g/mol. The highest BCUT2D eigenvalue weighted by molar-refractivity contribution is 5.75. The minimum atomic E-state index is -0.157. The Balaban J connectivity index is 1.69. The zero-order valence-corrected chi connectivity index (χ0v) is 11.0. The SMILES string of the molecule is CC(NCC1CCOC1)c1ccc2[nH]c(=O)[nH]c2c1. The Hall–Kier alpha value is -1.59. The van der Waals surface area contributed by atoms with E-state index in [2.05, 4.69) is 28.3 Å². The predicted octanol–water partition coefficient (Wildman–Crippen LogP) is 1.54. The quantitative estimate of drug-likeness (QED) is 0.782. The fraction of sp³-hybridized carbons (Fsp3) is 0.500. The number of H-pyrrole nitrogens is 2. The molecule has 0 aliphatic carbocycles. The number of rotatable bonds is 4. The Labute approximate surface area is 111 Å². The van der Waals surface area contributed by atoms with Crippen molar-refractivity contribution in [3.05, 3.63) is 34.2 Å². The lowest BCUT2D eigenvalue weighted by Gasteiger charge is -2.16. The largest absolute Gasteiger partial charge is 0.381 e. The summed E-state index contributed by atoms with van der Waals surface area (Å²) in [6.45, 7) is 4.87. The second kappa shape index (κ2) is 5.19. The molecule has 5 heteroatoms. The van der Waals surface area contributed by atoms with E-state index in [1.165, 1.54) is 5.56 Å². The van der Waals surface area contributed by atoms with Gasteiger partial charge in [-0.25, -0.2) is 4.79 Å². The van der Waals surface area contributed by atoms with Crippen LogP contribution in [0.5, 0.6) is 0 Å². The molecule has 1 aliphatic heterocycles. The number of nitrogens with one attached hydrogen (secondary N) is 3. The maximum absolute atomic E-state index is 11.2. The van der Waals surface area contributed by atoms with E-state index in [-0.39, 0.29) is 11.7 Å². The van der Waals surface area contributed by atoms with Crippen LogP contribution in [-0.2, 0) is 4.74 Å². The Bertz CT molecular complexity index is 610. The average Bonchev–Trinajstić information content (AvgIpc) is 3.02. The molecule has 5 nitrogen and oxygen atoms in total. The zero-order chi connectivity index (χ0) is 13.2. The molecular formula is C14H19N3O2. The molecule has 1 aliphatic rings. The lowest BCUT2D eigenvalue weighted by molar-refractivity contribution is 0.184. The topological polar surface area (TPSA) is 69.9 Å². The number of aromatic nitrogens is 2. The molecule has 2 heterocycles. The highest BCUT2D eigenvalue weighted by Crippen LogP contribution is 2.18. The molecule has 1 aromatic carbocycles. The van der Waals surface area contributed by atoms with Crippen molar-refractivity contribution in [3.8, 4) is 0 Å². The van der Waals surface area contributed by atoms with E-state index in [1.807, 2.05) is 12.1 Å². The molecule has 0 amide bonds. The van der Waals surface area contributed by atoms with E-state index in [0.29, 0.717) is 5.92 Å². The summed E-state index contributed by atoms with van der Waals surface area (Å²) in [6, 6.07) is 6.29. The van der Waals surface area contributed by atoms with Crippen LogP contribution in [-0.4, -0.2) is 29.7 Å². The van der Waals surface area contributed by atoms with Crippen LogP contribution < -0.4 is 11.0 Å². The molecule has 102 valence electrons. The van der Waals surface area contributed by atoms with Gasteiger partial charge in [-0.05, 0) is 37.0 Å². The molecule has 3 N–H and O–H groups in total. The first-order chi connectivity index (χ1) is 9.22. The summed E-state index contributed by atoms with van der Waals surface area (Å²) < 4.78 is 5.37. The summed E-state index contributed by atoms with van der Waals surface area (Å²) >= 11 is 0. The smallest absolute Gasteiger partial charge is 0.323 e. The summed E-state index contributed by atoms with van der Waals surface area (Å²) in [6.07, 6.45) is 1.14. The Morgan fingerprint density at radius 2 is 2.26 bits per heavy atom. The second-order valence-corrected chi connectivity index (χ2v) is 5.24. The summed E-state index contributed by atoms with van der Waals surface area (Å²) in [5.41, 5.74) is 2.74. The predicted molar refractivity (Wildman–Crippen MR) is 74.3 cm³/mol. The number of benzene rings is 1. The molecule has 3 rings (SSSR count). The first-order valence-corrected chi connectivity index (χ1v) is 6.75. The zero-order valence-electron chi connectivity index (χ0n) is 11.0. The van der Waals surface area contributed by atoms with Crippen LogP contribution in [0.4, 0.5) is 0 Å². The third-order valence-electron chi connectivity index (χ3n) is 3.78. The van der Waals surface area contributed by atoms with Gasteiger partial charge in [-0.2, -0.15) is 0 Å². The van der Waals surface area contributed by atoms with E-state index in [9.17, 15) is 4.79 Å². The van der Waals surface area contributed by atoms with Crippen LogP contribution in [0.3, 0.4) is 0 Å². The van der Waals surface area contributed by atoms with Crippen molar-refractivity contribution >= 4 is 11.0 Å². The Morgan fingerprint density at radius 3 is 3.05 bits per heavy atom. The van der Waals surface area contributed by atoms with Crippen molar-refractivity contribution in [1.82, 2.24) is 15.3 Å². The lowest BCUT2D eigenvalue weighted by atomic mass is 10.1. The minimum Gasteiger partial charge on any atom is -0.381 e. The van der Waals surface area contributed by atoms with Crippen molar-refractivity contribution in [2.24, 2.45) is 5.92 Å². The van der Waals surface area contributed by atoms with Crippen LogP contribution in [0.2, 0.25) is 0 Å². The van der Waals surface area contributed by atoms with Gasteiger partial charge in [0.25, 0.3) is 0 Å². The van der Waals surface area contributed by atoms with Crippen molar-refractivity contribution < 1.29 is 4.74 Å². The summed E-state index contributed by atoms with van der Waals surface area (Å²) in [5.74, 6) is 0.623. The summed E-state index contributed by atoms with van der Waals surface area (Å²) in [5, 5.41) is 3.53. The van der Waals surface area contributed by atoms with E-state index in [1.54, 1.807) is 0 Å². The van der Waals surface area contributed by atoms with E-state index in [0.717, 1.165) is 37.2 Å². The van der Waals surface area contributed by atoms with Crippen LogP contribution >= 0.6 is 0 Å². The standard InChI is InChI=1S/C14H19N3O2/c1-9(15-7-10-4-5-19-8-10)11-2-3-12-13(6-11)17-14(18)16-12/h2-3,6,9-10,15H,4-5,7-8H2,1H3,(H2,16,17,18). The van der Waals surface area contributed by atoms with Crippen molar-refractivity contribution in [2.75, 3.05) is 19.8 Å². The maximum atomic E-state index is 11.2. The maximum Gasteiger partial charge on any atom is 0.323 e. The van der Waals surface area contributed by atoms with Gasteiger partial charge in [-0.3, -0.25) is 0 Å². The summed E-state index contributed by atoms with van der Waals surface area (Å²) in [7, 11) is 0. The molecule has 1 fully saturated rings. The molecule has 1 aromatic heterocycles. The number of aromatic amines is 2. The van der Waals surface area contributed by atoms with Gasteiger partial charge in [-0.15, -0.1) is 0 Å². The Morgan fingerprint density at radius 1 is 1.42 bits per heavy atom. The lowest BCUT2D eigenvalue weighted by Crippen LogP contribution is -2.25. The fourth-order valence-electron chi connectivity index (χ4n) is 2.53. The first-order valence-electron chi connectivity index (χ1n) is 6.75.